The molecule has 0 aliphatic carbocycles. The number of anilines is 1. The first kappa shape index (κ1) is 13.8. The van der Waals surface area contributed by atoms with Crippen LogP contribution in [0.3, 0.4) is 0 Å². The fraction of sp³-hybridized carbons (Fsp3) is 0. The second-order valence-electron chi connectivity index (χ2n) is 4.38. The maximum absolute atomic E-state index is 13.2. The van der Waals surface area contributed by atoms with Crippen LogP contribution in [0.1, 0.15) is 5.56 Å². The van der Waals surface area contributed by atoms with Crippen molar-refractivity contribution in [3.63, 3.8) is 0 Å². The molecule has 1 aliphatic heterocycles. The summed E-state index contributed by atoms with van der Waals surface area (Å²) < 4.78 is 26.0. The van der Waals surface area contributed by atoms with Gasteiger partial charge in [0, 0.05) is 24.0 Å². The zero-order valence-corrected chi connectivity index (χ0v) is 11.2. The molecule has 0 spiro atoms. The van der Waals surface area contributed by atoms with Crippen molar-refractivity contribution in [1.29, 1.82) is 0 Å². The molecule has 2 aromatic rings. The maximum Gasteiger partial charge on any atom is 0.176 e. The third-order valence-electron chi connectivity index (χ3n) is 2.88. The Hall–Kier alpha value is -3.16. The summed E-state index contributed by atoms with van der Waals surface area (Å²) in [5.74, 6) is -1.79. The molecule has 6 nitrogen and oxygen atoms in total. The van der Waals surface area contributed by atoms with Crippen LogP contribution in [0.25, 0.3) is 0 Å². The summed E-state index contributed by atoms with van der Waals surface area (Å²) in [6.45, 7) is 0. The van der Waals surface area contributed by atoms with Gasteiger partial charge in [-0.1, -0.05) is 0 Å². The molecule has 0 saturated carbocycles. The van der Waals surface area contributed by atoms with Crippen LogP contribution < -0.4 is 11.2 Å². The second-order valence-corrected chi connectivity index (χ2v) is 4.38. The molecule has 3 N–H and O–H groups in total. The Kier molecular flexibility index (Phi) is 3.57. The maximum atomic E-state index is 13.2. The molecule has 3 rings (SSSR count). The van der Waals surface area contributed by atoms with Crippen LogP contribution in [-0.4, -0.2) is 22.2 Å². The van der Waals surface area contributed by atoms with Crippen LogP contribution >= 0.6 is 0 Å². The molecule has 0 atom stereocenters. The van der Waals surface area contributed by atoms with Gasteiger partial charge in [-0.3, -0.25) is 10.4 Å². The second kappa shape index (κ2) is 5.68. The predicted molar refractivity (Wildman–Crippen MR) is 79.8 cm³/mol. The Morgan fingerprint density at radius 2 is 1.95 bits per heavy atom. The van der Waals surface area contributed by atoms with Gasteiger partial charge in [-0.2, -0.15) is 5.10 Å². The summed E-state index contributed by atoms with van der Waals surface area (Å²) >= 11 is 0. The average molecular weight is 300 g/mol. The van der Waals surface area contributed by atoms with E-state index in [4.69, 9.17) is 5.73 Å². The Bertz CT molecular complexity index is 798. The van der Waals surface area contributed by atoms with Crippen LogP contribution in [0.5, 0.6) is 0 Å². The summed E-state index contributed by atoms with van der Waals surface area (Å²) in [6, 6.07) is 6.87. The van der Waals surface area contributed by atoms with E-state index in [0.29, 0.717) is 17.0 Å². The molecule has 1 aromatic carbocycles. The summed E-state index contributed by atoms with van der Waals surface area (Å²) in [7, 11) is 0. The third kappa shape index (κ3) is 2.66. The van der Waals surface area contributed by atoms with Gasteiger partial charge in [0.15, 0.2) is 23.2 Å². The number of rotatable bonds is 3. The first-order valence-corrected chi connectivity index (χ1v) is 6.26. The topological polar surface area (TPSA) is 88.0 Å². The number of aromatic nitrogens is 1. The lowest BCUT2D eigenvalue weighted by molar-refractivity contribution is 0.509. The Morgan fingerprint density at radius 1 is 1.09 bits per heavy atom. The predicted octanol–water partition coefficient (Wildman–Crippen LogP) is 1.90. The normalized spacial score (nSPS) is 15.6. The molecule has 0 amide bonds. The lowest BCUT2D eigenvalue weighted by Gasteiger charge is -2.05. The number of halogens is 2. The molecule has 8 heteroatoms. The van der Waals surface area contributed by atoms with E-state index in [2.05, 4.69) is 25.7 Å². The van der Waals surface area contributed by atoms with E-state index in [1.807, 2.05) is 0 Å². The number of amidine groups is 1. The number of nitrogens with two attached hydrogens (primary N) is 1. The summed E-state index contributed by atoms with van der Waals surface area (Å²) in [5.41, 5.74) is 10.1. The fourth-order valence-electron chi connectivity index (χ4n) is 1.81. The SMILES string of the molecule is NC1=NN=C(c2cccnc2)/C1=N\Nc1ccc(F)c(F)c1. The zero-order valence-electron chi connectivity index (χ0n) is 11.2. The van der Waals surface area contributed by atoms with Crippen molar-refractivity contribution < 1.29 is 8.78 Å². The lowest BCUT2D eigenvalue weighted by Crippen LogP contribution is -2.28. The highest BCUT2D eigenvalue weighted by Crippen LogP contribution is 2.14. The van der Waals surface area contributed by atoms with Gasteiger partial charge in [-0.05, 0) is 24.3 Å². The van der Waals surface area contributed by atoms with Gasteiger partial charge < -0.3 is 5.73 Å². The molecule has 2 heterocycles. The van der Waals surface area contributed by atoms with Crippen LogP contribution in [0, 0.1) is 11.6 Å². The number of benzene rings is 1. The van der Waals surface area contributed by atoms with Gasteiger partial charge in [-0.15, -0.1) is 10.2 Å². The van der Waals surface area contributed by atoms with Crippen LogP contribution in [-0.2, 0) is 0 Å². The van der Waals surface area contributed by atoms with Crippen molar-refractivity contribution in [1.82, 2.24) is 4.98 Å². The highest BCUT2D eigenvalue weighted by Gasteiger charge is 2.21. The van der Waals surface area contributed by atoms with Gasteiger partial charge in [0.05, 0.1) is 5.69 Å². The number of hydrogen-bond donors (Lipinski definition) is 2. The highest BCUT2D eigenvalue weighted by atomic mass is 19.2. The molecule has 1 aromatic heterocycles. The Balaban J connectivity index is 1.87. The number of nitrogens with zero attached hydrogens (tertiary/aromatic N) is 4. The molecule has 1 aliphatic rings. The molecular weight excluding hydrogens is 290 g/mol. The first-order valence-electron chi connectivity index (χ1n) is 6.26. The Labute approximate surface area is 124 Å². The number of nitrogens with one attached hydrogen (secondary N) is 1. The van der Waals surface area contributed by atoms with Crippen molar-refractivity contribution in [2.24, 2.45) is 21.0 Å². The quantitative estimate of drug-likeness (QED) is 0.849. The monoisotopic (exact) mass is 300 g/mol. The van der Waals surface area contributed by atoms with E-state index in [1.54, 1.807) is 24.5 Å². The molecule has 0 unspecified atom stereocenters. The smallest absolute Gasteiger partial charge is 0.176 e. The minimum atomic E-state index is -0.973. The van der Waals surface area contributed by atoms with Gasteiger partial charge in [-0.25, -0.2) is 8.78 Å². The lowest BCUT2D eigenvalue weighted by atomic mass is 10.1. The standard InChI is InChI=1S/C14H10F2N6/c15-10-4-3-9(6-11(10)16)19-21-13-12(20-22-14(13)17)8-2-1-5-18-7-8/h1-7,19H,(H2,17,21,22). The Morgan fingerprint density at radius 3 is 2.68 bits per heavy atom. The van der Waals surface area contributed by atoms with Crippen molar-refractivity contribution >= 4 is 22.9 Å². The van der Waals surface area contributed by atoms with E-state index in [-0.39, 0.29) is 11.5 Å². The van der Waals surface area contributed by atoms with E-state index in [1.165, 1.54) is 6.07 Å². The van der Waals surface area contributed by atoms with E-state index >= 15 is 0 Å². The van der Waals surface area contributed by atoms with Gasteiger partial charge in [0.2, 0.25) is 0 Å². The minimum absolute atomic E-state index is 0.119. The number of hydrogen-bond acceptors (Lipinski definition) is 6. The van der Waals surface area contributed by atoms with E-state index < -0.39 is 11.6 Å². The largest absolute Gasteiger partial charge is 0.380 e. The van der Waals surface area contributed by atoms with Crippen molar-refractivity contribution in [3.8, 4) is 0 Å². The van der Waals surface area contributed by atoms with Crippen molar-refractivity contribution in [3.05, 3.63) is 59.9 Å². The molecule has 0 saturated heterocycles. The summed E-state index contributed by atoms with van der Waals surface area (Å²) in [5, 5.41) is 11.8. The van der Waals surface area contributed by atoms with Crippen LogP contribution in [0.15, 0.2) is 58.0 Å². The minimum Gasteiger partial charge on any atom is -0.380 e. The average Bonchev–Trinajstić information content (AvgIpc) is 2.90. The first-order chi connectivity index (χ1) is 10.6. The molecule has 22 heavy (non-hydrogen) atoms. The third-order valence-corrected chi connectivity index (χ3v) is 2.88. The molecular formula is C14H10F2N6. The van der Waals surface area contributed by atoms with Gasteiger partial charge in [0.1, 0.15) is 5.71 Å². The van der Waals surface area contributed by atoms with E-state index in [0.717, 1.165) is 12.1 Å². The summed E-state index contributed by atoms with van der Waals surface area (Å²) in [6.07, 6.45) is 3.22. The van der Waals surface area contributed by atoms with Crippen LogP contribution in [0.4, 0.5) is 14.5 Å². The zero-order chi connectivity index (χ0) is 15.5. The molecule has 110 valence electrons. The number of hydrazone groups is 1. The highest BCUT2D eigenvalue weighted by molar-refractivity contribution is 6.72. The molecule has 0 bridgehead atoms. The summed E-state index contributed by atoms with van der Waals surface area (Å²) in [4.78, 5) is 3.99. The fourth-order valence-corrected chi connectivity index (χ4v) is 1.81. The molecule has 0 fully saturated rings. The molecule has 0 radical (unpaired) electrons. The van der Waals surface area contributed by atoms with E-state index in [9.17, 15) is 8.78 Å². The number of pyridine rings is 1. The van der Waals surface area contributed by atoms with Crippen molar-refractivity contribution in [2.75, 3.05) is 5.43 Å². The van der Waals surface area contributed by atoms with Gasteiger partial charge >= 0.3 is 0 Å². The van der Waals surface area contributed by atoms with Crippen molar-refractivity contribution in [2.45, 2.75) is 0 Å². The van der Waals surface area contributed by atoms with Crippen LogP contribution in [0.2, 0.25) is 0 Å². The van der Waals surface area contributed by atoms with Gasteiger partial charge in [0.25, 0.3) is 0 Å².